The molecule has 0 aliphatic heterocycles. The summed E-state index contributed by atoms with van der Waals surface area (Å²) < 4.78 is 6.38. The van der Waals surface area contributed by atoms with Gasteiger partial charge in [-0.05, 0) is 30.5 Å². The lowest BCUT2D eigenvalue weighted by molar-refractivity contribution is -0.914. The highest BCUT2D eigenvalue weighted by molar-refractivity contribution is 6.31. The molecule has 0 radical (unpaired) electrons. The van der Waals surface area contributed by atoms with Crippen molar-refractivity contribution in [3.05, 3.63) is 40.7 Å². The second-order valence-electron chi connectivity index (χ2n) is 9.41. The number of nitrogens with one attached hydrogen (secondary N) is 1. The van der Waals surface area contributed by atoms with E-state index < -0.39 is 12.0 Å². The van der Waals surface area contributed by atoms with Gasteiger partial charge in [-0.15, -0.1) is 0 Å². The lowest BCUT2D eigenvalue weighted by Crippen LogP contribution is -2.54. The van der Waals surface area contributed by atoms with E-state index in [-0.39, 0.29) is 28.5 Å². The monoisotopic (exact) mass is 507 g/mol. The summed E-state index contributed by atoms with van der Waals surface area (Å²) in [6.07, 6.45) is 4.15. The summed E-state index contributed by atoms with van der Waals surface area (Å²) in [5.41, 5.74) is 12.6. The Morgan fingerprint density at radius 3 is 2.49 bits per heavy atom. The topological polar surface area (TPSA) is 136 Å². The first kappa shape index (κ1) is 28.6. The SMILES string of the molecule is CCC[C@@H](CNC(=O)c1nc(Cl)c(N)nc1N)[N+](C)(C)CCCc1ccc(OC[C@@H](O)CC)cc1. The van der Waals surface area contributed by atoms with Gasteiger partial charge in [0.05, 0.1) is 33.3 Å². The minimum Gasteiger partial charge on any atom is -0.491 e. The van der Waals surface area contributed by atoms with Crippen LogP contribution in [0.2, 0.25) is 5.15 Å². The van der Waals surface area contributed by atoms with Crippen LogP contribution in [-0.2, 0) is 6.42 Å². The van der Waals surface area contributed by atoms with Gasteiger partial charge in [0.25, 0.3) is 5.91 Å². The molecule has 0 saturated carbocycles. The standard InChI is InChI=1S/C25H39ClN6O3/c1-5-8-18(15-29-25(34)21-23(27)31-24(28)22(26)30-21)32(3,4)14-7-9-17-10-12-20(13-11-17)35-16-19(33)6-2/h10-13,18-19,33H,5-9,14-16H2,1-4H3,(H4-,27,28,29,31,34)/p+1/t18-,19-/m0/s1. The molecule has 194 valence electrons. The molecule has 2 atom stereocenters. The fourth-order valence-electron chi connectivity index (χ4n) is 3.87. The number of quaternary nitrogens is 1. The largest absolute Gasteiger partial charge is 0.491 e. The fourth-order valence-corrected chi connectivity index (χ4v) is 4.00. The number of aliphatic hydroxyl groups excluding tert-OH is 1. The highest BCUT2D eigenvalue weighted by atomic mass is 35.5. The van der Waals surface area contributed by atoms with Crippen molar-refractivity contribution in [3.8, 4) is 5.75 Å². The lowest BCUT2D eigenvalue weighted by atomic mass is 10.1. The molecule has 1 heterocycles. The van der Waals surface area contributed by atoms with Crippen LogP contribution in [0.3, 0.4) is 0 Å². The van der Waals surface area contributed by atoms with Crippen molar-refractivity contribution >= 4 is 29.1 Å². The molecule has 0 spiro atoms. The van der Waals surface area contributed by atoms with E-state index in [9.17, 15) is 9.90 Å². The molecule has 0 fully saturated rings. The van der Waals surface area contributed by atoms with E-state index in [0.717, 1.165) is 42.5 Å². The van der Waals surface area contributed by atoms with Crippen molar-refractivity contribution in [2.24, 2.45) is 0 Å². The summed E-state index contributed by atoms with van der Waals surface area (Å²) in [5, 5.41) is 12.5. The van der Waals surface area contributed by atoms with Crippen molar-refractivity contribution in [1.82, 2.24) is 15.3 Å². The average molecular weight is 508 g/mol. The number of carbonyl (C=O) groups excluding carboxylic acids is 1. The summed E-state index contributed by atoms with van der Waals surface area (Å²) in [7, 11) is 4.38. The molecule has 0 aliphatic carbocycles. The molecule has 0 aliphatic rings. The number of likely N-dealkylation sites (N-methyl/N-ethyl adjacent to an activating group) is 1. The van der Waals surface area contributed by atoms with E-state index >= 15 is 0 Å². The number of hydrogen-bond acceptors (Lipinski definition) is 7. The van der Waals surface area contributed by atoms with E-state index in [0.29, 0.717) is 19.6 Å². The quantitative estimate of drug-likeness (QED) is 0.288. The molecule has 10 heteroatoms. The number of nitrogens with two attached hydrogens (primary N) is 2. The van der Waals surface area contributed by atoms with Crippen LogP contribution in [0.15, 0.2) is 24.3 Å². The number of benzene rings is 1. The van der Waals surface area contributed by atoms with Crippen molar-refractivity contribution in [2.75, 3.05) is 45.3 Å². The maximum Gasteiger partial charge on any atom is 0.274 e. The number of anilines is 2. The first-order valence-electron chi connectivity index (χ1n) is 12.2. The summed E-state index contributed by atoms with van der Waals surface area (Å²) in [5.74, 6) is 0.318. The van der Waals surface area contributed by atoms with E-state index in [1.807, 2.05) is 19.1 Å². The number of carbonyl (C=O) groups is 1. The third-order valence-corrected chi connectivity index (χ3v) is 6.54. The molecule has 6 N–H and O–H groups in total. The van der Waals surface area contributed by atoms with Gasteiger partial charge in [0, 0.05) is 12.8 Å². The maximum absolute atomic E-state index is 12.7. The van der Waals surface area contributed by atoms with Gasteiger partial charge in [-0.25, -0.2) is 9.97 Å². The van der Waals surface area contributed by atoms with Crippen molar-refractivity contribution in [3.63, 3.8) is 0 Å². The second kappa shape index (κ2) is 13.5. The van der Waals surface area contributed by atoms with Crippen molar-refractivity contribution in [2.45, 2.75) is 58.1 Å². The Morgan fingerprint density at radius 2 is 1.86 bits per heavy atom. The maximum atomic E-state index is 12.7. The Hall–Kier alpha value is -2.62. The van der Waals surface area contributed by atoms with E-state index in [1.165, 1.54) is 5.56 Å². The van der Waals surface area contributed by atoms with Gasteiger partial charge in [-0.1, -0.05) is 44.0 Å². The summed E-state index contributed by atoms with van der Waals surface area (Å²) in [6.45, 7) is 5.81. The number of ether oxygens (including phenoxy) is 1. The molecule has 0 saturated heterocycles. The van der Waals surface area contributed by atoms with Crippen LogP contribution in [-0.4, -0.2) is 71.4 Å². The van der Waals surface area contributed by atoms with Crippen LogP contribution < -0.4 is 21.5 Å². The zero-order valence-electron chi connectivity index (χ0n) is 21.3. The first-order chi connectivity index (χ1) is 16.6. The zero-order valence-corrected chi connectivity index (χ0v) is 22.0. The van der Waals surface area contributed by atoms with Gasteiger partial charge in [0.1, 0.15) is 18.4 Å². The molecule has 2 rings (SSSR count). The van der Waals surface area contributed by atoms with Gasteiger partial charge in [-0.2, -0.15) is 0 Å². The minimum atomic E-state index is -0.440. The zero-order chi connectivity index (χ0) is 26.0. The fraction of sp³-hybridized carbons (Fsp3) is 0.560. The van der Waals surface area contributed by atoms with Crippen LogP contribution in [0.1, 0.15) is 55.6 Å². The summed E-state index contributed by atoms with van der Waals surface area (Å²) in [6, 6.07) is 8.26. The van der Waals surface area contributed by atoms with Crippen LogP contribution in [0.25, 0.3) is 0 Å². The smallest absolute Gasteiger partial charge is 0.274 e. The number of rotatable bonds is 14. The Bertz CT molecular complexity index is 955. The molecule has 0 bridgehead atoms. The number of aromatic nitrogens is 2. The van der Waals surface area contributed by atoms with Crippen LogP contribution >= 0.6 is 11.6 Å². The first-order valence-corrected chi connectivity index (χ1v) is 12.5. The number of nitrogens with zero attached hydrogens (tertiary/aromatic N) is 3. The van der Waals surface area contributed by atoms with Gasteiger partial charge in [0.2, 0.25) is 0 Å². The molecule has 0 unspecified atom stereocenters. The normalized spacial score (nSPS) is 13.3. The minimum absolute atomic E-state index is 0.000154. The average Bonchev–Trinajstić information content (AvgIpc) is 2.82. The highest BCUT2D eigenvalue weighted by Crippen LogP contribution is 2.19. The van der Waals surface area contributed by atoms with Crippen LogP contribution in [0.5, 0.6) is 5.75 Å². The lowest BCUT2D eigenvalue weighted by Gasteiger charge is -2.38. The van der Waals surface area contributed by atoms with Crippen LogP contribution in [0, 0.1) is 0 Å². The highest BCUT2D eigenvalue weighted by Gasteiger charge is 2.28. The van der Waals surface area contributed by atoms with Gasteiger partial charge in [0.15, 0.2) is 22.5 Å². The van der Waals surface area contributed by atoms with Gasteiger partial charge in [-0.3, -0.25) is 4.79 Å². The van der Waals surface area contributed by atoms with Crippen molar-refractivity contribution < 1.29 is 19.1 Å². The third kappa shape index (κ3) is 8.83. The van der Waals surface area contributed by atoms with E-state index in [4.69, 9.17) is 27.8 Å². The summed E-state index contributed by atoms with van der Waals surface area (Å²) in [4.78, 5) is 20.5. The Balaban J connectivity index is 1.90. The number of aryl methyl sites for hydroxylation is 1. The number of amides is 1. The molecule has 9 nitrogen and oxygen atoms in total. The Morgan fingerprint density at radius 1 is 1.17 bits per heavy atom. The van der Waals surface area contributed by atoms with E-state index in [1.54, 1.807) is 0 Å². The van der Waals surface area contributed by atoms with Crippen LogP contribution in [0.4, 0.5) is 11.6 Å². The molecular formula is C25H40ClN6O3+. The number of nitrogen functional groups attached to an aromatic ring is 2. The van der Waals surface area contributed by atoms with Gasteiger partial charge >= 0.3 is 0 Å². The molecule has 1 aromatic carbocycles. The number of hydrogen-bond donors (Lipinski definition) is 4. The van der Waals surface area contributed by atoms with E-state index in [2.05, 4.69) is 48.4 Å². The predicted molar refractivity (Wildman–Crippen MR) is 140 cm³/mol. The molecule has 35 heavy (non-hydrogen) atoms. The number of halogens is 1. The Labute approximate surface area is 213 Å². The molecule has 1 aromatic heterocycles. The number of aliphatic hydroxyl groups is 1. The van der Waals surface area contributed by atoms with Gasteiger partial charge < -0.3 is 31.1 Å². The second-order valence-corrected chi connectivity index (χ2v) is 9.77. The van der Waals surface area contributed by atoms with Crippen molar-refractivity contribution in [1.29, 1.82) is 0 Å². The molecular weight excluding hydrogens is 468 g/mol. The molecule has 2 aromatic rings. The third-order valence-electron chi connectivity index (χ3n) is 6.27. The Kier molecular flexibility index (Phi) is 11.0. The summed E-state index contributed by atoms with van der Waals surface area (Å²) >= 11 is 5.91. The predicted octanol–water partition coefficient (Wildman–Crippen LogP) is 3.05. The molecule has 1 amide bonds.